The van der Waals surface area contributed by atoms with Crippen molar-refractivity contribution in [3.63, 3.8) is 0 Å². The normalized spacial score (nSPS) is 17.3. The summed E-state index contributed by atoms with van der Waals surface area (Å²) in [6, 6.07) is 9.51. The van der Waals surface area contributed by atoms with E-state index in [-0.39, 0.29) is 11.8 Å². The van der Waals surface area contributed by atoms with Crippen LogP contribution in [0.5, 0.6) is 11.5 Å². The number of halogens is 3. The van der Waals surface area contributed by atoms with Crippen LogP contribution in [0.3, 0.4) is 0 Å². The van der Waals surface area contributed by atoms with E-state index in [9.17, 15) is 13.2 Å². The number of nitrogens with one attached hydrogen (secondary N) is 2. The van der Waals surface area contributed by atoms with Crippen molar-refractivity contribution in [2.75, 3.05) is 36.8 Å². The number of hydrogen-bond acceptors (Lipinski definition) is 5. The first-order chi connectivity index (χ1) is 13.4. The second-order valence-electron chi connectivity index (χ2n) is 7.17. The molecular formula is C20H23F3N4O. The Kier molecular flexibility index (Phi) is 5.07. The summed E-state index contributed by atoms with van der Waals surface area (Å²) in [5.41, 5.74) is 6.56. The zero-order valence-corrected chi connectivity index (χ0v) is 15.4. The minimum atomic E-state index is -4.45. The monoisotopic (exact) mass is 392 g/mol. The molecule has 2 aliphatic heterocycles. The molecule has 5 nitrogen and oxygen atoms in total. The van der Waals surface area contributed by atoms with Crippen molar-refractivity contribution in [2.24, 2.45) is 5.73 Å². The summed E-state index contributed by atoms with van der Waals surface area (Å²) in [5.74, 6) is 0.687. The predicted molar refractivity (Wildman–Crippen MR) is 103 cm³/mol. The number of rotatable bonds is 4. The van der Waals surface area contributed by atoms with Crippen molar-refractivity contribution in [3.05, 3.63) is 42.0 Å². The van der Waals surface area contributed by atoms with Crippen LogP contribution in [0.2, 0.25) is 0 Å². The van der Waals surface area contributed by atoms with Gasteiger partial charge in [-0.1, -0.05) is 12.1 Å². The standard InChI is InChI=1S/C20H23F3N4O/c21-20(22,23)13-11-16(25-14-5-8-27(9-6-14)10-7-24)19-18(12-13)28-17-4-2-1-3-15(17)26-19/h1-4,11-12,14,25-26H,5-10,24H2. The molecule has 0 spiro atoms. The summed E-state index contributed by atoms with van der Waals surface area (Å²) in [5, 5.41) is 6.54. The lowest BCUT2D eigenvalue weighted by Crippen LogP contribution is -2.41. The molecule has 0 unspecified atom stereocenters. The van der Waals surface area contributed by atoms with Gasteiger partial charge in [0.05, 0.1) is 16.9 Å². The summed E-state index contributed by atoms with van der Waals surface area (Å²) >= 11 is 0. The molecule has 0 saturated carbocycles. The lowest BCUT2D eigenvalue weighted by molar-refractivity contribution is -0.137. The highest BCUT2D eigenvalue weighted by atomic mass is 19.4. The molecule has 1 fully saturated rings. The van der Waals surface area contributed by atoms with Gasteiger partial charge in [-0.3, -0.25) is 0 Å². The van der Waals surface area contributed by atoms with Crippen LogP contribution in [-0.4, -0.2) is 37.1 Å². The van der Waals surface area contributed by atoms with Gasteiger partial charge in [0.25, 0.3) is 0 Å². The van der Waals surface area contributed by atoms with Gasteiger partial charge in [-0.05, 0) is 37.1 Å². The van der Waals surface area contributed by atoms with Gasteiger partial charge in [-0.25, -0.2) is 0 Å². The maximum atomic E-state index is 13.4. The number of para-hydroxylation sites is 2. The summed E-state index contributed by atoms with van der Waals surface area (Å²) in [7, 11) is 0. The van der Waals surface area contributed by atoms with Crippen molar-refractivity contribution in [2.45, 2.75) is 25.1 Å². The number of nitrogens with zero attached hydrogens (tertiary/aromatic N) is 1. The Hall–Kier alpha value is -2.45. The molecule has 4 N–H and O–H groups in total. The van der Waals surface area contributed by atoms with Crippen molar-refractivity contribution in [1.82, 2.24) is 4.90 Å². The molecule has 4 rings (SSSR count). The lowest BCUT2D eigenvalue weighted by atomic mass is 10.0. The molecule has 0 amide bonds. The van der Waals surface area contributed by atoms with Crippen LogP contribution in [0, 0.1) is 0 Å². The molecule has 150 valence electrons. The highest BCUT2D eigenvalue weighted by Gasteiger charge is 2.34. The van der Waals surface area contributed by atoms with E-state index in [2.05, 4.69) is 15.5 Å². The molecule has 0 aromatic heterocycles. The van der Waals surface area contributed by atoms with E-state index in [0.717, 1.165) is 50.3 Å². The number of ether oxygens (including phenoxy) is 1. The Morgan fingerprint density at radius 1 is 1.14 bits per heavy atom. The Morgan fingerprint density at radius 2 is 1.89 bits per heavy atom. The third-order valence-electron chi connectivity index (χ3n) is 5.19. The van der Waals surface area contributed by atoms with Crippen molar-refractivity contribution in [3.8, 4) is 11.5 Å². The molecule has 28 heavy (non-hydrogen) atoms. The Labute approximate surface area is 161 Å². The molecule has 0 radical (unpaired) electrons. The molecule has 0 bridgehead atoms. The number of hydrogen-bond donors (Lipinski definition) is 3. The highest BCUT2D eigenvalue weighted by Crippen LogP contribution is 2.48. The second kappa shape index (κ2) is 7.52. The van der Waals surface area contributed by atoms with Crippen LogP contribution in [0.25, 0.3) is 0 Å². The van der Waals surface area contributed by atoms with E-state index in [1.165, 1.54) is 0 Å². The lowest BCUT2D eigenvalue weighted by Gasteiger charge is -2.34. The molecular weight excluding hydrogens is 369 g/mol. The molecule has 8 heteroatoms. The van der Waals surface area contributed by atoms with Gasteiger partial charge in [-0.15, -0.1) is 0 Å². The first-order valence-corrected chi connectivity index (χ1v) is 9.42. The van der Waals surface area contributed by atoms with Crippen LogP contribution in [0.1, 0.15) is 18.4 Å². The predicted octanol–water partition coefficient (Wildman–Crippen LogP) is 4.39. The largest absolute Gasteiger partial charge is 0.453 e. The third-order valence-corrected chi connectivity index (χ3v) is 5.19. The van der Waals surface area contributed by atoms with E-state index < -0.39 is 11.7 Å². The fraction of sp³-hybridized carbons (Fsp3) is 0.400. The molecule has 2 heterocycles. The van der Waals surface area contributed by atoms with E-state index in [4.69, 9.17) is 10.5 Å². The minimum Gasteiger partial charge on any atom is -0.453 e. The van der Waals surface area contributed by atoms with Gasteiger partial charge in [-0.2, -0.15) is 13.2 Å². The smallest absolute Gasteiger partial charge is 0.416 e. The topological polar surface area (TPSA) is 62.5 Å². The number of alkyl halides is 3. The molecule has 1 saturated heterocycles. The number of likely N-dealkylation sites (tertiary alicyclic amines) is 1. The SMILES string of the molecule is NCCN1CCC(Nc2cc(C(F)(F)F)cc3c2Nc2ccccc2O3)CC1. The van der Waals surface area contributed by atoms with Crippen molar-refractivity contribution in [1.29, 1.82) is 0 Å². The third kappa shape index (κ3) is 3.88. The van der Waals surface area contributed by atoms with E-state index in [1.807, 2.05) is 12.1 Å². The summed E-state index contributed by atoms with van der Waals surface area (Å²) in [6.45, 7) is 3.21. The number of fused-ring (bicyclic) bond motifs is 2. The molecule has 2 aromatic rings. The molecule has 2 aromatic carbocycles. The van der Waals surface area contributed by atoms with Gasteiger partial charge in [0.15, 0.2) is 11.5 Å². The zero-order chi connectivity index (χ0) is 19.7. The van der Waals surface area contributed by atoms with Gasteiger partial charge in [0.2, 0.25) is 0 Å². The van der Waals surface area contributed by atoms with E-state index in [1.54, 1.807) is 12.1 Å². The number of benzene rings is 2. The summed E-state index contributed by atoms with van der Waals surface area (Å²) in [4.78, 5) is 2.28. The van der Waals surface area contributed by atoms with Crippen molar-refractivity contribution >= 4 is 17.1 Å². The maximum absolute atomic E-state index is 13.4. The molecule has 0 aliphatic carbocycles. The van der Waals surface area contributed by atoms with Gasteiger partial charge >= 0.3 is 6.18 Å². The quantitative estimate of drug-likeness (QED) is 0.615. The van der Waals surface area contributed by atoms with Gasteiger partial charge in [0.1, 0.15) is 5.69 Å². The fourth-order valence-corrected chi connectivity index (χ4v) is 3.72. The van der Waals surface area contributed by atoms with Gasteiger partial charge in [0, 0.05) is 32.2 Å². The Balaban J connectivity index is 1.61. The van der Waals surface area contributed by atoms with Crippen LogP contribution in [-0.2, 0) is 6.18 Å². The maximum Gasteiger partial charge on any atom is 0.416 e. The van der Waals surface area contributed by atoms with Crippen molar-refractivity contribution < 1.29 is 17.9 Å². The number of anilines is 3. The minimum absolute atomic E-state index is 0.0978. The Morgan fingerprint density at radius 3 is 2.61 bits per heavy atom. The summed E-state index contributed by atoms with van der Waals surface area (Å²) < 4.78 is 46.0. The van der Waals surface area contributed by atoms with Crippen LogP contribution in [0.4, 0.5) is 30.2 Å². The molecule has 2 aliphatic rings. The molecule has 0 atom stereocenters. The Bertz CT molecular complexity index is 848. The summed E-state index contributed by atoms with van der Waals surface area (Å²) in [6.07, 6.45) is -2.75. The van der Waals surface area contributed by atoms with Crippen LogP contribution >= 0.6 is 0 Å². The average Bonchev–Trinajstić information content (AvgIpc) is 2.67. The highest BCUT2D eigenvalue weighted by molar-refractivity contribution is 5.85. The van der Waals surface area contributed by atoms with Gasteiger partial charge < -0.3 is 26.0 Å². The van der Waals surface area contributed by atoms with E-state index in [0.29, 0.717) is 23.7 Å². The van der Waals surface area contributed by atoms with Crippen LogP contribution in [0.15, 0.2) is 36.4 Å². The first-order valence-electron chi connectivity index (χ1n) is 9.42. The average molecular weight is 392 g/mol. The number of nitrogens with two attached hydrogens (primary N) is 1. The van der Waals surface area contributed by atoms with Crippen LogP contribution < -0.4 is 21.1 Å². The van der Waals surface area contributed by atoms with E-state index >= 15 is 0 Å². The number of piperidine rings is 1. The fourth-order valence-electron chi connectivity index (χ4n) is 3.72. The first kappa shape index (κ1) is 18.9. The zero-order valence-electron chi connectivity index (χ0n) is 15.4. The second-order valence-corrected chi connectivity index (χ2v) is 7.17.